The summed E-state index contributed by atoms with van der Waals surface area (Å²) in [6.45, 7) is 4.91. The molecular formula is C15H23N3O3. The molecule has 0 atom stereocenters. The zero-order valence-corrected chi connectivity index (χ0v) is 12.5. The standard InChI is InChI=1S/C15H23N3O3/c1-11(2)7-8-17-15(20)18-14(19)10-21-13-5-3-12(9-16)4-6-13/h3-6,11H,7-10,16H2,1-2H3,(H2,17,18,19,20). The van der Waals surface area contributed by atoms with E-state index in [0.717, 1.165) is 12.0 Å². The van der Waals surface area contributed by atoms with Crippen molar-refractivity contribution in [2.24, 2.45) is 11.7 Å². The Hall–Kier alpha value is -2.08. The molecule has 1 aromatic carbocycles. The molecule has 1 rings (SSSR count). The Labute approximate surface area is 125 Å². The molecule has 0 aliphatic heterocycles. The van der Waals surface area contributed by atoms with E-state index in [1.807, 2.05) is 12.1 Å². The van der Waals surface area contributed by atoms with E-state index in [1.54, 1.807) is 12.1 Å². The van der Waals surface area contributed by atoms with E-state index in [0.29, 0.717) is 24.8 Å². The van der Waals surface area contributed by atoms with Gasteiger partial charge in [-0.25, -0.2) is 4.79 Å². The van der Waals surface area contributed by atoms with E-state index in [1.165, 1.54) is 0 Å². The molecule has 1 aromatic rings. The van der Waals surface area contributed by atoms with E-state index in [4.69, 9.17) is 10.5 Å². The molecule has 0 aliphatic rings. The fraction of sp³-hybridized carbons (Fsp3) is 0.467. The van der Waals surface area contributed by atoms with Crippen LogP contribution in [0.15, 0.2) is 24.3 Å². The number of carbonyl (C=O) groups excluding carboxylic acids is 2. The molecule has 6 heteroatoms. The number of nitrogens with two attached hydrogens (primary N) is 1. The fourth-order valence-electron chi connectivity index (χ4n) is 1.55. The van der Waals surface area contributed by atoms with Gasteiger partial charge in [-0.2, -0.15) is 0 Å². The summed E-state index contributed by atoms with van der Waals surface area (Å²) >= 11 is 0. The number of ether oxygens (including phenoxy) is 1. The highest BCUT2D eigenvalue weighted by molar-refractivity contribution is 5.94. The lowest BCUT2D eigenvalue weighted by atomic mass is 10.1. The summed E-state index contributed by atoms with van der Waals surface area (Å²) in [5.41, 5.74) is 6.47. The number of urea groups is 1. The Morgan fingerprint density at radius 2 is 1.90 bits per heavy atom. The third kappa shape index (κ3) is 7.31. The summed E-state index contributed by atoms with van der Waals surface area (Å²) in [6.07, 6.45) is 0.867. The van der Waals surface area contributed by atoms with Crippen molar-refractivity contribution in [2.45, 2.75) is 26.8 Å². The van der Waals surface area contributed by atoms with E-state index >= 15 is 0 Å². The van der Waals surface area contributed by atoms with E-state index < -0.39 is 11.9 Å². The first-order valence-electron chi connectivity index (χ1n) is 7.00. The van der Waals surface area contributed by atoms with Gasteiger partial charge < -0.3 is 15.8 Å². The fourth-order valence-corrected chi connectivity index (χ4v) is 1.55. The topological polar surface area (TPSA) is 93.5 Å². The normalized spacial score (nSPS) is 10.3. The van der Waals surface area contributed by atoms with Crippen LogP contribution in [0.2, 0.25) is 0 Å². The van der Waals surface area contributed by atoms with Crippen molar-refractivity contribution in [3.63, 3.8) is 0 Å². The molecule has 0 aromatic heterocycles. The molecule has 0 heterocycles. The highest BCUT2D eigenvalue weighted by Gasteiger charge is 2.08. The monoisotopic (exact) mass is 293 g/mol. The summed E-state index contributed by atoms with van der Waals surface area (Å²) in [7, 11) is 0. The summed E-state index contributed by atoms with van der Waals surface area (Å²) in [6, 6.07) is 6.62. The van der Waals surface area contributed by atoms with Gasteiger partial charge in [0.15, 0.2) is 6.61 Å². The van der Waals surface area contributed by atoms with Crippen LogP contribution < -0.4 is 21.1 Å². The molecule has 0 bridgehead atoms. The molecule has 4 N–H and O–H groups in total. The first-order valence-corrected chi connectivity index (χ1v) is 7.00. The minimum Gasteiger partial charge on any atom is -0.484 e. The van der Waals surface area contributed by atoms with Crippen LogP contribution in [-0.2, 0) is 11.3 Å². The van der Waals surface area contributed by atoms with Crippen LogP contribution in [0.1, 0.15) is 25.8 Å². The van der Waals surface area contributed by atoms with Crippen molar-refractivity contribution in [3.8, 4) is 5.75 Å². The molecule has 0 saturated heterocycles. The van der Waals surface area contributed by atoms with Crippen molar-refractivity contribution in [3.05, 3.63) is 29.8 Å². The number of carbonyl (C=O) groups is 2. The van der Waals surface area contributed by atoms with Crippen molar-refractivity contribution >= 4 is 11.9 Å². The van der Waals surface area contributed by atoms with Crippen molar-refractivity contribution < 1.29 is 14.3 Å². The largest absolute Gasteiger partial charge is 0.484 e. The van der Waals surface area contributed by atoms with Gasteiger partial charge >= 0.3 is 6.03 Å². The summed E-state index contributed by atoms with van der Waals surface area (Å²) in [5, 5.41) is 4.83. The smallest absolute Gasteiger partial charge is 0.321 e. The van der Waals surface area contributed by atoms with Crippen LogP contribution in [0.5, 0.6) is 5.75 Å². The number of hydrogen-bond acceptors (Lipinski definition) is 4. The number of benzene rings is 1. The molecule has 0 unspecified atom stereocenters. The van der Waals surface area contributed by atoms with Gasteiger partial charge in [-0.15, -0.1) is 0 Å². The van der Waals surface area contributed by atoms with Gasteiger partial charge in [0.05, 0.1) is 0 Å². The lowest BCUT2D eigenvalue weighted by Gasteiger charge is -2.09. The zero-order chi connectivity index (χ0) is 15.7. The molecule has 21 heavy (non-hydrogen) atoms. The second-order valence-electron chi connectivity index (χ2n) is 5.12. The van der Waals surface area contributed by atoms with Crippen molar-refractivity contribution in [1.82, 2.24) is 10.6 Å². The predicted octanol–water partition coefficient (Wildman–Crippen LogP) is 1.40. The average Bonchev–Trinajstić information content (AvgIpc) is 2.45. The maximum absolute atomic E-state index is 11.5. The average molecular weight is 293 g/mol. The van der Waals surface area contributed by atoms with E-state index in [2.05, 4.69) is 24.5 Å². The van der Waals surface area contributed by atoms with Crippen LogP contribution in [-0.4, -0.2) is 25.1 Å². The number of hydrogen-bond donors (Lipinski definition) is 3. The molecule has 0 radical (unpaired) electrons. The van der Waals surface area contributed by atoms with Gasteiger partial charge in [0.2, 0.25) is 0 Å². The minimum absolute atomic E-state index is 0.209. The van der Waals surface area contributed by atoms with Gasteiger partial charge in [-0.3, -0.25) is 10.1 Å². The number of rotatable bonds is 7. The molecular weight excluding hydrogens is 270 g/mol. The quantitative estimate of drug-likeness (QED) is 0.708. The van der Waals surface area contributed by atoms with Gasteiger partial charge in [-0.1, -0.05) is 26.0 Å². The van der Waals surface area contributed by atoms with Gasteiger partial charge in [0.1, 0.15) is 5.75 Å². The van der Waals surface area contributed by atoms with E-state index in [9.17, 15) is 9.59 Å². The minimum atomic E-state index is -0.497. The summed E-state index contributed by atoms with van der Waals surface area (Å²) < 4.78 is 5.28. The van der Waals surface area contributed by atoms with Gasteiger partial charge in [0, 0.05) is 13.1 Å². The van der Waals surface area contributed by atoms with Crippen LogP contribution in [0.25, 0.3) is 0 Å². The molecule has 0 spiro atoms. The van der Waals surface area contributed by atoms with Crippen molar-refractivity contribution in [2.75, 3.05) is 13.2 Å². The van der Waals surface area contributed by atoms with Crippen LogP contribution in [0, 0.1) is 5.92 Å². The molecule has 0 aliphatic carbocycles. The highest BCUT2D eigenvalue weighted by Crippen LogP contribution is 2.11. The van der Waals surface area contributed by atoms with Crippen LogP contribution in [0.3, 0.4) is 0 Å². The zero-order valence-electron chi connectivity index (χ0n) is 12.5. The van der Waals surface area contributed by atoms with Gasteiger partial charge in [0.25, 0.3) is 5.91 Å². The molecule has 116 valence electrons. The van der Waals surface area contributed by atoms with Gasteiger partial charge in [-0.05, 0) is 30.0 Å². The number of imide groups is 1. The summed E-state index contributed by atoms with van der Waals surface area (Å²) in [4.78, 5) is 22.9. The Morgan fingerprint density at radius 3 is 2.48 bits per heavy atom. The lowest BCUT2D eigenvalue weighted by Crippen LogP contribution is -2.42. The second kappa shape index (κ2) is 8.97. The number of nitrogens with one attached hydrogen (secondary N) is 2. The SMILES string of the molecule is CC(C)CCNC(=O)NC(=O)COc1ccc(CN)cc1. The molecule has 0 saturated carbocycles. The maximum atomic E-state index is 11.5. The second-order valence-corrected chi connectivity index (χ2v) is 5.12. The first kappa shape index (κ1) is 17.0. The third-order valence-corrected chi connectivity index (χ3v) is 2.79. The highest BCUT2D eigenvalue weighted by atomic mass is 16.5. The Balaban J connectivity index is 2.25. The van der Waals surface area contributed by atoms with Crippen LogP contribution >= 0.6 is 0 Å². The van der Waals surface area contributed by atoms with Crippen LogP contribution in [0.4, 0.5) is 4.79 Å². The Morgan fingerprint density at radius 1 is 1.24 bits per heavy atom. The lowest BCUT2D eigenvalue weighted by molar-refractivity contribution is -0.122. The first-order chi connectivity index (χ1) is 10.0. The Kier molecular flexibility index (Phi) is 7.25. The predicted molar refractivity (Wildman–Crippen MR) is 80.8 cm³/mol. The third-order valence-electron chi connectivity index (χ3n) is 2.79. The maximum Gasteiger partial charge on any atom is 0.321 e. The molecule has 6 nitrogen and oxygen atoms in total. The molecule has 0 fully saturated rings. The van der Waals surface area contributed by atoms with Crippen molar-refractivity contribution in [1.29, 1.82) is 0 Å². The number of amides is 3. The van der Waals surface area contributed by atoms with E-state index in [-0.39, 0.29) is 6.61 Å². The molecule has 3 amide bonds. The summed E-state index contributed by atoms with van der Waals surface area (Å²) in [5.74, 6) is 0.573. The Bertz CT molecular complexity index is 458.